The number of hydrogen-bond donors (Lipinski definition) is 3. The molecule has 0 spiro atoms. The number of nitrogens with two attached hydrogens (primary N) is 1. The number of primary amides is 1. The lowest BCUT2D eigenvalue weighted by Crippen LogP contribution is -2.33. The van der Waals surface area contributed by atoms with Crippen LogP contribution in [0, 0.1) is 11.3 Å². The van der Waals surface area contributed by atoms with E-state index in [1.54, 1.807) is 30.3 Å². The van der Waals surface area contributed by atoms with Crippen LogP contribution in [0.1, 0.15) is 56.9 Å². The maximum Gasteiger partial charge on any atom is 0.338 e. The van der Waals surface area contributed by atoms with Crippen LogP contribution in [0.2, 0.25) is 0 Å². The number of aromatic amines is 1. The van der Waals surface area contributed by atoms with E-state index >= 15 is 0 Å². The number of ketones is 1. The Morgan fingerprint density at radius 2 is 2.00 bits per heavy atom. The maximum absolute atomic E-state index is 13.3. The smallest absolute Gasteiger partial charge is 0.338 e. The zero-order chi connectivity index (χ0) is 22.5. The minimum Gasteiger partial charge on any atom is -0.459 e. The number of hydrogen-bond acceptors (Lipinski definition) is 6. The van der Waals surface area contributed by atoms with Gasteiger partial charge in [-0.15, -0.1) is 0 Å². The van der Waals surface area contributed by atoms with E-state index in [2.05, 4.69) is 11.1 Å². The Labute approximate surface area is 177 Å². The first kappa shape index (κ1) is 20.3. The first-order valence-corrected chi connectivity index (χ1v) is 9.55. The topological polar surface area (TPSA) is 146 Å². The van der Waals surface area contributed by atoms with Gasteiger partial charge in [-0.25, -0.2) is 4.79 Å². The molecule has 156 valence electrons. The predicted octanol–water partition coefficient (Wildman–Crippen LogP) is 1.91. The summed E-state index contributed by atoms with van der Waals surface area (Å²) in [6.45, 7) is 3.31. The number of nitrogens with zero attached hydrogens (tertiary/aromatic N) is 1. The number of carbonyl (C=O) groups is 3. The Bertz CT molecular complexity index is 1310. The van der Waals surface area contributed by atoms with Crippen LogP contribution < -0.4 is 5.73 Å². The number of carbonyl (C=O) groups excluding carboxylic acids is 3. The molecule has 4 rings (SSSR count). The Morgan fingerprint density at radius 1 is 1.26 bits per heavy atom. The molecule has 0 aliphatic heterocycles. The number of ether oxygens (including phenoxy) is 1. The highest BCUT2D eigenvalue weighted by atomic mass is 16.5. The molecule has 0 bridgehead atoms. The van der Waals surface area contributed by atoms with E-state index in [1.807, 2.05) is 13.8 Å². The van der Waals surface area contributed by atoms with Gasteiger partial charge in [0.05, 0.1) is 22.8 Å². The summed E-state index contributed by atoms with van der Waals surface area (Å²) in [6, 6.07) is 11.9. The molecule has 8 heteroatoms. The Kier molecular flexibility index (Phi) is 4.64. The van der Waals surface area contributed by atoms with Crippen LogP contribution in [0.5, 0.6) is 0 Å². The fraction of sp³-hybridized carbons (Fsp3) is 0.217. The van der Waals surface area contributed by atoms with Gasteiger partial charge >= 0.3 is 5.97 Å². The van der Waals surface area contributed by atoms with Gasteiger partial charge < -0.3 is 20.6 Å². The lowest BCUT2D eigenvalue weighted by molar-refractivity contribution is -0.127. The first-order valence-electron chi connectivity index (χ1n) is 9.55. The summed E-state index contributed by atoms with van der Waals surface area (Å²) in [5, 5.41) is 19.3. The van der Waals surface area contributed by atoms with Gasteiger partial charge in [0.2, 0.25) is 5.91 Å². The summed E-state index contributed by atoms with van der Waals surface area (Å²) >= 11 is 0. The van der Waals surface area contributed by atoms with Crippen molar-refractivity contribution in [2.45, 2.75) is 25.4 Å². The second kappa shape index (κ2) is 7.07. The average molecular weight is 417 g/mol. The molecule has 1 aliphatic rings. The second-order valence-corrected chi connectivity index (χ2v) is 7.98. The summed E-state index contributed by atoms with van der Waals surface area (Å²) in [6.07, 6.45) is -1.59. The van der Waals surface area contributed by atoms with E-state index in [0.29, 0.717) is 33.5 Å². The van der Waals surface area contributed by atoms with E-state index in [1.165, 1.54) is 6.07 Å². The molecule has 0 fully saturated rings. The number of aliphatic hydroxyl groups is 1. The van der Waals surface area contributed by atoms with Crippen molar-refractivity contribution in [1.29, 1.82) is 5.26 Å². The van der Waals surface area contributed by atoms with Crippen LogP contribution in [0.25, 0.3) is 10.9 Å². The molecule has 4 N–H and O–H groups in total. The quantitative estimate of drug-likeness (QED) is 0.553. The molecule has 2 aromatic carbocycles. The van der Waals surface area contributed by atoms with Crippen molar-refractivity contribution < 1.29 is 24.2 Å². The van der Waals surface area contributed by atoms with Crippen molar-refractivity contribution >= 4 is 28.6 Å². The molecule has 8 nitrogen and oxygen atoms in total. The molecule has 1 atom stereocenters. The number of aromatic nitrogens is 1. The van der Waals surface area contributed by atoms with Crippen molar-refractivity contribution in [1.82, 2.24) is 4.98 Å². The number of rotatable bonds is 4. The van der Waals surface area contributed by atoms with Crippen molar-refractivity contribution in [2.24, 2.45) is 5.73 Å². The van der Waals surface area contributed by atoms with Crippen LogP contribution in [0.15, 0.2) is 36.4 Å². The highest BCUT2D eigenvalue weighted by Gasteiger charge is 2.40. The third-order valence-electron chi connectivity index (χ3n) is 5.65. The fourth-order valence-corrected chi connectivity index (χ4v) is 3.95. The fourth-order valence-electron chi connectivity index (χ4n) is 3.95. The minimum atomic E-state index is -1.59. The molecule has 1 aliphatic carbocycles. The summed E-state index contributed by atoms with van der Waals surface area (Å²) in [7, 11) is 0. The number of esters is 1. The number of aliphatic hydroxyl groups excluding tert-OH is 1. The number of amides is 1. The van der Waals surface area contributed by atoms with Gasteiger partial charge in [0.25, 0.3) is 0 Å². The van der Waals surface area contributed by atoms with Crippen molar-refractivity contribution in [3.8, 4) is 6.07 Å². The summed E-state index contributed by atoms with van der Waals surface area (Å²) in [5.41, 5.74) is 8.03. The molecular formula is C23H19N3O5. The minimum absolute atomic E-state index is 0.177. The summed E-state index contributed by atoms with van der Waals surface area (Å²) in [4.78, 5) is 39.9. The van der Waals surface area contributed by atoms with Gasteiger partial charge in [-0.05, 0) is 35.9 Å². The molecule has 0 unspecified atom stereocenters. The summed E-state index contributed by atoms with van der Waals surface area (Å²) in [5.74, 6) is -1.91. The molecule has 1 amide bonds. The monoisotopic (exact) mass is 417 g/mol. The van der Waals surface area contributed by atoms with Crippen molar-refractivity contribution in [2.75, 3.05) is 6.61 Å². The lowest BCUT2D eigenvalue weighted by atomic mass is 9.71. The maximum atomic E-state index is 13.3. The third kappa shape index (κ3) is 3.16. The van der Waals surface area contributed by atoms with Gasteiger partial charge in [-0.3, -0.25) is 9.59 Å². The highest BCUT2D eigenvalue weighted by Crippen LogP contribution is 2.44. The Balaban J connectivity index is 1.76. The molecule has 0 saturated heterocycles. The zero-order valence-corrected chi connectivity index (χ0v) is 16.9. The number of benzene rings is 2. The molecule has 31 heavy (non-hydrogen) atoms. The Hall–Kier alpha value is -3.96. The van der Waals surface area contributed by atoms with E-state index in [-0.39, 0.29) is 11.3 Å². The van der Waals surface area contributed by atoms with Gasteiger partial charge in [-0.2, -0.15) is 5.26 Å². The SMILES string of the molecule is CC1(C)c2cc(C(=O)OC[C@@H](O)C(N)=O)ccc2C(=O)c2c1[nH]c1cc(C#N)ccc21. The van der Waals surface area contributed by atoms with Gasteiger partial charge in [0, 0.05) is 27.6 Å². The summed E-state index contributed by atoms with van der Waals surface area (Å²) < 4.78 is 4.97. The number of H-pyrrole nitrogens is 1. The predicted molar refractivity (Wildman–Crippen MR) is 110 cm³/mol. The molecular weight excluding hydrogens is 398 g/mol. The van der Waals surface area contributed by atoms with Crippen LogP contribution in [-0.4, -0.2) is 40.5 Å². The Morgan fingerprint density at radius 3 is 2.68 bits per heavy atom. The second-order valence-electron chi connectivity index (χ2n) is 7.98. The van der Waals surface area contributed by atoms with Crippen molar-refractivity contribution in [3.05, 3.63) is 69.9 Å². The zero-order valence-electron chi connectivity index (χ0n) is 16.9. The van der Waals surface area contributed by atoms with Crippen LogP contribution >= 0.6 is 0 Å². The first-order chi connectivity index (χ1) is 14.6. The highest BCUT2D eigenvalue weighted by molar-refractivity contribution is 6.20. The lowest BCUT2D eigenvalue weighted by Gasteiger charge is -2.32. The van der Waals surface area contributed by atoms with Crippen LogP contribution in [0.4, 0.5) is 0 Å². The molecule has 1 aromatic heterocycles. The molecule has 3 aromatic rings. The van der Waals surface area contributed by atoms with E-state index in [4.69, 9.17) is 10.5 Å². The number of fused-ring (bicyclic) bond motifs is 4. The standard InChI is InChI=1S/C23H19N3O5/c1-23(2)15-8-12(22(30)31-10-17(27)21(25)29)4-6-13(15)19(28)18-14-5-3-11(9-24)7-16(14)26-20(18)23/h3-8,17,26-27H,10H2,1-2H3,(H2,25,29)/t17-/m1/s1. The number of nitrogens with one attached hydrogen (secondary N) is 1. The van der Waals surface area contributed by atoms with E-state index in [0.717, 1.165) is 5.39 Å². The normalized spacial score (nSPS) is 15.0. The average Bonchev–Trinajstić information content (AvgIpc) is 3.15. The van der Waals surface area contributed by atoms with Crippen molar-refractivity contribution in [3.63, 3.8) is 0 Å². The third-order valence-corrected chi connectivity index (χ3v) is 5.65. The largest absolute Gasteiger partial charge is 0.459 e. The molecule has 0 saturated carbocycles. The molecule has 1 heterocycles. The van der Waals surface area contributed by atoms with Gasteiger partial charge in [0.1, 0.15) is 6.61 Å². The van der Waals surface area contributed by atoms with Gasteiger partial charge in [0.15, 0.2) is 11.9 Å². The van der Waals surface area contributed by atoms with E-state index in [9.17, 15) is 24.8 Å². The van der Waals surface area contributed by atoms with E-state index < -0.39 is 30.0 Å². The van der Waals surface area contributed by atoms with Crippen LogP contribution in [-0.2, 0) is 14.9 Å². The molecule has 0 radical (unpaired) electrons. The van der Waals surface area contributed by atoms with Gasteiger partial charge in [-0.1, -0.05) is 19.9 Å². The number of nitriles is 1. The van der Waals surface area contributed by atoms with Crippen LogP contribution in [0.3, 0.4) is 0 Å².